The molecule has 0 aromatic heterocycles. The lowest BCUT2D eigenvalue weighted by molar-refractivity contribution is 0.414. The Morgan fingerprint density at radius 3 is 2.76 bits per heavy atom. The van der Waals surface area contributed by atoms with E-state index in [0.717, 1.165) is 25.1 Å². The molecule has 1 atom stereocenters. The number of ether oxygens (including phenoxy) is 1. The summed E-state index contributed by atoms with van der Waals surface area (Å²) in [6.07, 6.45) is 3.40. The van der Waals surface area contributed by atoms with Crippen LogP contribution in [0.5, 0.6) is 5.75 Å². The predicted molar refractivity (Wildman–Crippen MR) is 89.9 cm³/mol. The third-order valence-electron chi connectivity index (χ3n) is 4.18. The van der Waals surface area contributed by atoms with E-state index in [-0.39, 0.29) is 0 Å². The molecule has 2 aromatic rings. The van der Waals surface area contributed by atoms with E-state index in [1.165, 1.54) is 27.6 Å². The first kappa shape index (κ1) is 14.6. The molecule has 21 heavy (non-hydrogen) atoms. The molecule has 0 aliphatic heterocycles. The molecule has 0 saturated heterocycles. The first-order valence-corrected chi connectivity index (χ1v) is 8.21. The van der Waals surface area contributed by atoms with Gasteiger partial charge in [-0.25, -0.2) is 0 Å². The Morgan fingerprint density at radius 2 is 2.00 bits per heavy atom. The fourth-order valence-corrected chi connectivity index (χ4v) is 3.58. The van der Waals surface area contributed by atoms with Gasteiger partial charge in [0.25, 0.3) is 0 Å². The van der Waals surface area contributed by atoms with Gasteiger partial charge in [-0.05, 0) is 60.7 Å². The molecular weight excluding hydrogens is 326 g/mol. The minimum atomic E-state index is 0.496. The van der Waals surface area contributed by atoms with Crippen molar-refractivity contribution < 1.29 is 4.74 Å². The van der Waals surface area contributed by atoms with E-state index in [1.54, 1.807) is 7.11 Å². The Balaban J connectivity index is 1.56. The summed E-state index contributed by atoms with van der Waals surface area (Å²) in [7, 11) is 1.70. The van der Waals surface area contributed by atoms with Crippen LogP contribution in [0.2, 0.25) is 0 Å². The zero-order valence-electron chi connectivity index (χ0n) is 12.2. The first-order valence-electron chi connectivity index (χ1n) is 7.41. The minimum Gasteiger partial charge on any atom is -0.497 e. The Bertz CT molecular complexity index is 609. The number of halogens is 1. The fourth-order valence-electron chi connectivity index (χ4n) is 3.00. The number of hydrogen-bond acceptors (Lipinski definition) is 2. The fraction of sp³-hybridized carbons (Fsp3) is 0.333. The van der Waals surface area contributed by atoms with Crippen LogP contribution in [0.15, 0.2) is 46.9 Å². The van der Waals surface area contributed by atoms with Gasteiger partial charge < -0.3 is 10.1 Å². The van der Waals surface area contributed by atoms with Crippen LogP contribution in [0.3, 0.4) is 0 Å². The summed E-state index contributed by atoms with van der Waals surface area (Å²) in [5, 5.41) is 3.69. The Labute approximate surface area is 134 Å². The second-order valence-electron chi connectivity index (χ2n) is 5.45. The summed E-state index contributed by atoms with van der Waals surface area (Å²) >= 11 is 3.65. The smallest absolute Gasteiger partial charge is 0.118 e. The normalized spacial score (nSPS) is 16.8. The van der Waals surface area contributed by atoms with Crippen LogP contribution in [-0.2, 0) is 12.8 Å². The van der Waals surface area contributed by atoms with Crippen molar-refractivity contribution in [3.8, 4) is 5.75 Å². The molecule has 0 spiro atoms. The highest BCUT2D eigenvalue weighted by Crippen LogP contribution is 2.35. The van der Waals surface area contributed by atoms with Crippen LogP contribution >= 0.6 is 15.9 Å². The van der Waals surface area contributed by atoms with Crippen molar-refractivity contribution in [3.63, 3.8) is 0 Å². The van der Waals surface area contributed by atoms with Crippen LogP contribution in [0.4, 0.5) is 0 Å². The van der Waals surface area contributed by atoms with Crippen molar-refractivity contribution in [2.75, 3.05) is 13.7 Å². The number of nitrogens with one attached hydrogen (secondary N) is 1. The number of hydrogen-bond donors (Lipinski definition) is 1. The zero-order valence-corrected chi connectivity index (χ0v) is 13.8. The summed E-state index contributed by atoms with van der Waals surface area (Å²) in [5.74, 6) is 0.918. The SMILES string of the molecule is COc1ccc(CCNC2CCc3c(Br)cccc32)cc1. The molecule has 0 saturated carbocycles. The maximum absolute atomic E-state index is 5.19. The molecule has 0 amide bonds. The summed E-state index contributed by atoms with van der Waals surface area (Å²) in [6, 6.07) is 15.3. The Morgan fingerprint density at radius 1 is 1.19 bits per heavy atom. The summed E-state index contributed by atoms with van der Waals surface area (Å²) in [4.78, 5) is 0. The van der Waals surface area contributed by atoms with Crippen molar-refractivity contribution in [2.24, 2.45) is 0 Å². The number of methoxy groups -OCH3 is 1. The molecule has 1 aliphatic carbocycles. The summed E-state index contributed by atoms with van der Waals surface area (Å²) in [5.41, 5.74) is 4.27. The largest absolute Gasteiger partial charge is 0.497 e. The van der Waals surface area contributed by atoms with E-state index in [4.69, 9.17) is 4.74 Å². The molecule has 1 unspecified atom stereocenters. The van der Waals surface area contributed by atoms with Crippen molar-refractivity contribution >= 4 is 15.9 Å². The molecule has 2 nitrogen and oxygen atoms in total. The highest BCUT2D eigenvalue weighted by atomic mass is 79.9. The van der Waals surface area contributed by atoms with Gasteiger partial charge in [-0.15, -0.1) is 0 Å². The number of benzene rings is 2. The van der Waals surface area contributed by atoms with Gasteiger partial charge >= 0.3 is 0 Å². The first-order chi connectivity index (χ1) is 10.3. The van der Waals surface area contributed by atoms with Crippen molar-refractivity contribution in [2.45, 2.75) is 25.3 Å². The van der Waals surface area contributed by atoms with Crippen molar-refractivity contribution in [1.82, 2.24) is 5.32 Å². The zero-order chi connectivity index (χ0) is 14.7. The molecule has 0 radical (unpaired) electrons. The van der Waals surface area contributed by atoms with E-state index in [0.29, 0.717) is 6.04 Å². The lowest BCUT2D eigenvalue weighted by Gasteiger charge is -2.14. The molecule has 3 heteroatoms. The highest BCUT2D eigenvalue weighted by molar-refractivity contribution is 9.10. The second-order valence-corrected chi connectivity index (χ2v) is 6.31. The molecular formula is C18H20BrNO. The molecule has 110 valence electrons. The molecule has 2 aromatic carbocycles. The van der Waals surface area contributed by atoms with Gasteiger partial charge in [0, 0.05) is 10.5 Å². The van der Waals surface area contributed by atoms with Crippen LogP contribution < -0.4 is 10.1 Å². The van der Waals surface area contributed by atoms with Gasteiger partial charge in [0.2, 0.25) is 0 Å². The van der Waals surface area contributed by atoms with Crippen LogP contribution in [0, 0.1) is 0 Å². The van der Waals surface area contributed by atoms with Gasteiger partial charge in [0.15, 0.2) is 0 Å². The predicted octanol–water partition coefficient (Wildman–Crippen LogP) is 4.28. The van der Waals surface area contributed by atoms with Gasteiger partial charge in [-0.2, -0.15) is 0 Å². The Hall–Kier alpha value is -1.32. The average molecular weight is 346 g/mol. The maximum atomic E-state index is 5.19. The highest BCUT2D eigenvalue weighted by Gasteiger charge is 2.23. The van der Waals surface area contributed by atoms with Crippen LogP contribution in [0.25, 0.3) is 0 Å². The molecule has 0 bridgehead atoms. The third kappa shape index (κ3) is 3.30. The van der Waals surface area contributed by atoms with E-state index in [2.05, 4.69) is 51.6 Å². The van der Waals surface area contributed by atoms with Crippen molar-refractivity contribution in [1.29, 1.82) is 0 Å². The van der Waals surface area contributed by atoms with Gasteiger partial charge in [-0.1, -0.05) is 40.2 Å². The standard InChI is InChI=1S/C18H20BrNO/c1-21-14-7-5-13(6-8-14)11-12-20-18-10-9-15-16(18)3-2-4-17(15)19/h2-8,18,20H,9-12H2,1H3. The van der Waals surface area contributed by atoms with E-state index in [1.807, 2.05) is 12.1 Å². The van der Waals surface area contributed by atoms with Gasteiger partial charge in [0.1, 0.15) is 5.75 Å². The Kier molecular flexibility index (Phi) is 4.61. The van der Waals surface area contributed by atoms with Crippen LogP contribution in [0.1, 0.15) is 29.2 Å². The van der Waals surface area contributed by atoms with E-state index < -0.39 is 0 Å². The van der Waals surface area contributed by atoms with Crippen molar-refractivity contribution in [3.05, 3.63) is 63.6 Å². The lowest BCUT2D eigenvalue weighted by atomic mass is 10.1. The number of rotatable bonds is 5. The summed E-state index contributed by atoms with van der Waals surface area (Å²) < 4.78 is 6.43. The molecule has 3 rings (SSSR count). The maximum Gasteiger partial charge on any atom is 0.118 e. The lowest BCUT2D eigenvalue weighted by Crippen LogP contribution is -2.21. The van der Waals surface area contributed by atoms with E-state index in [9.17, 15) is 0 Å². The van der Waals surface area contributed by atoms with Crippen LogP contribution in [-0.4, -0.2) is 13.7 Å². The molecule has 0 heterocycles. The quantitative estimate of drug-likeness (QED) is 0.873. The topological polar surface area (TPSA) is 21.3 Å². The van der Waals surface area contributed by atoms with Gasteiger partial charge in [0.05, 0.1) is 7.11 Å². The number of fused-ring (bicyclic) bond motifs is 1. The minimum absolute atomic E-state index is 0.496. The third-order valence-corrected chi connectivity index (χ3v) is 4.92. The second kappa shape index (κ2) is 6.63. The molecule has 1 aliphatic rings. The van der Waals surface area contributed by atoms with E-state index >= 15 is 0 Å². The molecule has 1 N–H and O–H groups in total. The monoisotopic (exact) mass is 345 g/mol. The average Bonchev–Trinajstić information content (AvgIpc) is 2.93. The summed E-state index contributed by atoms with van der Waals surface area (Å²) in [6.45, 7) is 1.00. The molecule has 0 fully saturated rings. The van der Waals surface area contributed by atoms with Gasteiger partial charge in [-0.3, -0.25) is 0 Å².